The van der Waals surface area contributed by atoms with E-state index in [0.717, 1.165) is 21.2 Å². The molecule has 0 spiro atoms. The third-order valence-corrected chi connectivity index (χ3v) is 4.05. The Morgan fingerprint density at radius 2 is 2.00 bits per heavy atom. The second kappa shape index (κ2) is 8.98. The molecule has 1 aromatic rings. The predicted molar refractivity (Wildman–Crippen MR) is 88.8 cm³/mol. The lowest BCUT2D eigenvalue weighted by Gasteiger charge is -2.17. The summed E-state index contributed by atoms with van der Waals surface area (Å²) in [4.78, 5) is 0. The highest BCUT2D eigenvalue weighted by atomic mass is 79.9. The largest absolute Gasteiger partial charge is 0.492 e. The van der Waals surface area contributed by atoms with Crippen LogP contribution in [0.3, 0.4) is 0 Å². The lowest BCUT2D eigenvalue weighted by Crippen LogP contribution is -2.25. The highest BCUT2D eigenvalue weighted by Crippen LogP contribution is 2.33. The first kappa shape index (κ1) is 17.0. The van der Waals surface area contributed by atoms with Gasteiger partial charge in [-0.3, -0.25) is 0 Å². The van der Waals surface area contributed by atoms with Gasteiger partial charge in [-0.05, 0) is 48.3 Å². The van der Waals surface area contributed by atoms with Crippen LogP contribution in [0.5, 0.6) is 5.75 Å². The first-order valence-electron chi connectivity index (χ1n) is 6.92. The van der Waals surface area contributed by atoms with Crippen LogP contribution in [0, 0.1) is 0 Å². The van der Waals surface area contributed by atoms with Gasteiger partial charge in [-0.25, -0.2) is 0 Å². The number of ether oxygens (including phenoxy) is 1. The molecule has 0 aromatic heterocycles. The predicted octanol–water partition coefficient (Wildman–Crippen LogP) is 5.28. The molecular formula is C15H23Br2NO. The number of hydrogen-bond donors (Lipinski definition) is 1. The molecular weight excluding hydrogens is 370 g/mol. The fourth-order valence-electron chi connectivity index (χ4n) is 1.95. The quantitative estimate of drug-likeness (QED) is 0.649. The molecule has 1 rings (SSSR count). The zero-order valence-corrected chi connectivity index (χ0v) is 15.1. The molecule has 0 bridgehead atoms. The van der Waals surface area contributed by atoms with E-state index in [0.29, 0.717) is 12.6 Å². The summed E-state index contributed by atoms with van der Waals surface area (Å²) in [6.45, 7) is 7.99. The van der Waals surface area contributed by atoms with Gasteiger partial charge in [0.15, 0.2) is 0 Å². The second-order valence-electron chi connectivity index (χ2n) is 4.73. The maximum absolute atomic E-state index is 5.73. The van der Waals surface area contributed by atoms with Crippen molar-refractivity contribution in [2.24, 2.45) is 0 Å². The molecule has 0 saturated carbocycles. The molecule has 1 aromatic carbocycles. The van der Waals surface area contributed by atoms with Crippen LogP contribution >= 0.6 is 31.9 Å². The van der Waals surface area contributed by atoms with Crippen LogP contribution < -0.4 is 10.1 Å². The normalized spacial score (nSPS) is 12.5. The van der Waals surface area contributed by atoms with Gasteiger partial charge in [0.05, 0.1) is 11.1 Å². The Bertz CT molecular complexity index is 396. The van der Waals surface area contributed by atoms with Crippen LogP contribution in [0.25, 0.3) is 0 Å². The van der Waals surface area contributed by atoms with Crippen LogP contribution in [0.1, 0.15) is 45.6 Å². The zero-order valence-electron chi connectivity index (χ0n) is 11.9. The van der Waals surface area contributed by atoms with E-state index < -0.39 is 0 Å². The maximum atomic E-state index is 5.73. The van der Waals surface area contributed by atoms with Gasteiger partial charge >= 0.3 is 0 Å². The third-order valence-electron chi connectivity index (χ3n) is 3.01. The number of benzene rings is 1. The zero-order chi connectivity index (χ0) is 14.3. The number of hydrogen-bond acceptors (Lipinski definition) is 2. The minimum absolute atomic E-state index is 0.534. The van der Waals surface area contributed by atoms with E-state index in [1.54, 1.807) is 0 Å². The van der Waals surface area contributed by atoms with Crippen LogP contribution in [0.2, 0.25) is 0 Å². The highest BCUT2D eigenvalue weighted by Gasteiger charge is 2.11. The molecule has 4 heteroatoms. The van der Waals surface area contributed by atoms with Crippen molar-refractivity contribution in [2.45, 2.75) is 52.6 Å². The molecule has 0 saturated heterocycles. The summed E-state index contributed by atoms with van der Waals surface area (Å²) in [6, 6.07) is 4.68. The first-order valence-corrected chi connectivity index (χ1v) is 8.51. The highest BCUT2D eigenvalue weighted by molar-refractivity contribution is 9.11. The van der Waals surface area contributed by atoms with E-state index in [2.05, 4.69) is 57.1 Å². The summed E-state index contributed by atoms with van der Waals surface area (Å²) in [5.74, 6) is 0.945. The molecule has 0 aliphatic rings. The van der Waals surface area contributed by atoms with Crippen LogP contribution in [0.15, 0.2) is 21.1 Å². The van der Waals surface area contributed by atoms with E-state index in [1.165, 1.54) is 24.8 Å². The van der Waals surface area contributed by atoms with Crippen molar-refractivity contribution in [3.8, 4) is 5.75 Å². The smallest absolute Gasteiger partial charge is 0.138 e. The Morgan fingerprint density at radius 3 is 2.63 bits per heavy atom. The molecule has 0 radical (unpaired) electrons. The van der Waals surface area contributed by atoms with E-state index >= 15 is 0 Å². The topological polar surface area (TPSA) is 21.3 Å². The fourth-order valence-corrected chi connectivity index (χ4v) is 3.38. The van der Waals surface area contributed by atoms with Crippen molar-refractivity contribution >= 4 is 31.9 Å². The lowest BCUT2D eigenvalue weighted by molar-refractivity contribution is 0.332. The minimum atomic E-state index is 0.534. The monoisotopic (exact) mass is 391 g/mol. The Kier molecular flexibility index (Phi) is 8.03. The SMILES string of the molecule is CCCCC(C)NCc1cc(Br)cc(Br)c1OCC. The Hall–Kier alpha value is -0.0600. The molecule has 108 valence electrons. The number of nitrogens with one attached hydrogen (secondary N) is 1. The summed E-state index contributed by atoms with van der Waals surface area (Å²) < 4.78 is 7.80. The second-order valence-corrected chi connectivity index (χ2v) is 6.50. The van der Waals surface area contributed by atoms with E-state index in [-0.39, 0.29) is 0 Å². The molecule has 1 atom stereocenters. The number of unbranched alkanes of at least 4 members (excludes halogenated alkanes) is 1. The first-order chi connectivity index (χ1) is 9.08. The summed E-state index contributed by atoms with van der Waals surface area (Å²) in [5.41, 5.74) is 1.19. The number of rotatable bonds is 8. The van der Waals surface area contributed by atoms with Gasteiger partial charge in [-0.2, -0.15) is 0 Å². The van der Waals surface area contributed by atoms with E-state index in [4.69, 9.17) is 4.74 Å². The van der Waals surface area contributed by atoms with Crippen LogP contribution in [0.4, 0.5) is 0 Å². The average molecular weight is 393 g/mol. The van der Waals surface area contributed by atoms with Crippen molar-refractivity contribution < 1.29 is 4.74 Å². The average Bonchev–Trinajstić information content (AvgIpc) is 2.37. The summed E-state index contributed by atoms with van der Waals surface area (Å²) in [7, 11) is 0. The van der Waals surface area contributed by atoms with Crippen molar-refractivity contribution in [1.82, 2.24) is 5.32 Å². The van der Waals surface area contributed by atoms with Gasteiger partial charge < -0.3 is 10.1 Å². The van der Waals surface area contributed by atoms with Crippen LogP contribution in [-0.2, 0) is 6.54 Å². The molecule has 0 amide bonds. The van der Waals surface area contributed by atoms with Gasteiger partial charge in [-0.15, -0.1) is 0 Å². The van der Waals surface area contributed by atoms with E-state index in [1.807, 2.05) is 13.0 Å². The van der Waals surface area contributed by atoms with Crippen LogP contribution in [-0.4, -0.2) is 12.6 Å². The lowest BCUT2D eigenvalue weighted by atomic mass is 10.1. The van der Waals surface area contributed by atoms with Gasteiger partial charge in [-0.1, -0.05) is 35.7 Å². The summed E-state index contributed by atoms with van der Waals surface area (Å²) >= 11 is 7.10. The Morgan fingerprint density at radius 1 is 1.26 bits per heavy atom. The Balaban J connectivity index is 2.70. The van der Waals surface area contributed by atoms with Gasteiger partial charge in [0.1, 0.15) is 5.75 Å². The van der Waals surface area contributed by atoms with Crippen molar-refractivity contribution in [3.05, 3.63) is 26.6 Å². The fraction of sp³-hybridized carbons (Fsp3) is 0.600. The molecule has 0 heterocycles. The van der Waals surface area contributed by atoms with Crippen molar-refractivity contribution in [3.63, 3.8) is 0 Å². The maximum Gasteiger partial charge on any atom is 0.138 e. The Labute approximate surface area is 133 Å². The molecule has 1 unspecified atom stereocenters. The third kappa shape index (κ3) is 5.84. The van der Waals surface area contributed by atoms with Gasteiger partial charge in [0.2, 0.25) is 0 Å². The van der Waals surface area contributed by atoms with Crippen molar-refractivity contribution in [1.29, 1.82) is 0 Å². The number of halogens is 2. The van der Waals surface area contributed by atoms with E-state index in [9.17, 15) is 0 Å². The molecule has 19 heavy (non-hydrogen) atoms. The van der Waals surface area contributed by atoms with Gasteiger partial charge in [0.25, 0.3) is 0 Å². The molecule has 0 fully saturated rings. The molecule has 2 nitrogen and oxygen atoms in total. The standard InChI is InChI=1S/C15H23Br2NO/c1-4-6-7-11(3)18-10-12-8-13(16)9-14(17)15(12)19-5-2/h8-9,11,18H,4-7,10H2,1-3H3. The summed E-state index contributed by atoms with van der Waals surface area (Å²) in [6.07, 6.45) is 3.74. The minimum Gasteiger partial charge on any atom is -0.492 e. The molecule has 0 aliphatic heterocycles. The van der Waals surface area contributed by atoms with Crippen molar-refractivity contribution in [2.75, 3.05) is 6.61 Å². The molecule has 0 aliphatic carbocycles. The van der Waals surface area contributed by atoms with Gasteiger partial charge in [0, 0.05) is 22.6 Å². The summed E-state index contributed by atoms with van der Waals surface area (Å²) in [5, 5.41) is 3.57. The molecule has 1 N–H and O–H groups in total.